The third-order valence-electron chi connectivity index (χ3n) is 2.34. The van der Waals surface area contributed by atoms with Crippen LogP contribution in [0, 0.1) is 0 Å². The van der Waals surface area contributed by atoms with Gasteiger partial charge in [0, 0.05) is 13.2 Å². The summed E-state index contributed by atoms with van der Waals surface area (Å²) in [5.74, 6) is -0.810. The largest absolute Gasteiger partial charge is 0.480 e. The van der Waals surface area contributed by atoms with Crippen molar-refractivity contribution in [1.82, 2.24) is 5.32 Å². The van der Waals surface area contributed by atoms with E-state index in [-0.39, 0.29) is 0 Å². The van der Waals surface area contributed by atoms with Crippen molar-refractivity contribution in [1.29, 1.82) is 0 Å². The molecule has 0 aromatic rings. The lowest BCUT2D eigenvalue weighted by Crippen LogP contribution is -2.47. The second-order valence-electron chi connectivity index (χ2n) is 3.60. The fourth-order valence-electron chi connectivity index (χ4n) is 1.11. The molecule has 0 heterocycles. The third kappa shape index (κ3) is 4.58. The molecule has 0 spiro atoms. The molecule has 0 aromatic carbocycles. The van der Waals surface area contributed by atoms with Crippen LogP contribution in [0.25, 0.3) is 0 Å². The Morgan fingerprint density at radius 1 is 1.50 bits per heavy atom. The molecule has 0 aliphatic carbocycles. The summed E-state index contributed by atoms with van der Waals surface area (Å²) in [5, 5.41) is 11.7. The zero-order valence-electron chi connectivity index (χ0n) is 9.30. The van der Waals surface area contributed by atoms with Crippen LogP contribution in [0.1, 0.15) is 33.1 Å². The van der Waals surface area contributed by atoms with E-state index in [1.54, 1.807) is 14.0 Å². The first-order valence-electron chi connectivity index (χ1n) is 5.07. The Morgan fingerprint density at radius 2 is 2.14 bits per heavy atom. The summed E-state index contributed by atoms with van der Waals surface area (Å²) in [6, 6.07) is 0. The predicted molar refractivity (Wildman–Crippen MR) is 55.4 cm³/mol. The first kappa shape index (κ1) is 13.4. The summed E-state index contributed by atoms with van der Waals surface area (Å²) in [6.45, 7) is 5.13. The Kier molecular flexibility index (Phi) is 6.49. The molecule has 14 heavy (non-hydrogen) atoms. The lowest BCUT2D eigenvalue weighted by molar-refractivity contribution is -0.144. The molecule has 0 aliphatic heterocycles. The summed E-state index contributed by atoms with van der Waals surface area (Å²) in [6.07, 6.45) is 2.36. The lowest BCUT2D eigenvalue weighted by Gasteiger charge is -2.23. The maximum absolute atomic E-state index is 10.9. The summed E-state index contributed by atoms with van der Waals surface area (Å²) in [5.41, 5.74) is -0.824. The highest BCUT2D eigenvalue weighted by Gasteiger charge is 2.30. The van der Waals surface area contributed by atoms with Gasteiger partial charge in [-0.2, -0.15) is 0 Å². The Hall–Kier alpha value is -0.610. The molecule has 2 N–H and O–H groups in total. The van der Waals surface area contributed by atoms with Gasteiger partial charge in [0.1, 0.15) is 5.54 Å². The van der Waals surface area contributed by atoms with Crippen molar-refractivity contribution in [2.75, 3.05) is 20.3 Å². The van der Waals surface area contributed by atoms with E-state index in [9.17, 15) is 4.79 Å². The summed E-state index contributed by atoms with van der Waals surface area (Å²) >= 11 is 0. The van der Waals surface area contributed by atoms with Gasteiger partial charge in [-0.15, -0.1) is 0 Å². The van der Waals surface area contributed by atoms with Crippen molar-refractivity contribution in [2.24, 2.45) is 0 Å². The van der Waals surface area contributed by atoms with Crippen molar-refractivity contribution < 1.29 is 14.6 Å². The number of aliphatic carboxylic acids is 1. The Labute approximate surface area is 85.6 Å². The molecule has 1 atom stereocenters. The van der Waals surface area contributed by atoms with Crippen molar-refractivity contribution in [3.63, 3.8) is 0 Å². The lowest BCUT2D eigenvalue weighted by atomic mass is 9.96. The van der Waals surface area contributed by atoms with E-state index >= 15 is 0 Å². The van der Waals surface area contributed by atoms with Gasteiger partial charge in [-0.3, -0.25) is 4.79 Å². The normalized spacial score (nSPS) is 15.1. The average Bonchev–Trinajstić information content (AvgIpc) is 2.17. The van der Waals surface area contributed by atoms with Crippen molar-refractivity contribution in [2.45, 2.75) is 38.6 Å². The highest BCUT2D eigenvalue weighted by molar-refractivity contribution is 5.78. The number of carbonyl (C=O) groups is 1. The van der Waals surface area contributed by atoms with Crippen LogP contribution in [0.5, 0.6) is 0 Å². The van der Waals surface area contributed by atoms with Crippen molar-refractivity contribution >= 4 is 5.97 Å². The van der Waals surface area contributed by atoms with Gasteiger partial charge in [0.05, 0.1) is 0 Å². The van der Waals surface area contributed by atoms with E-state index < -0.39 is 11.5 Å². The molecule has 0 aliphatic rings. The minimum absolute atomic E-state index is 0.586. The van der Waals surface area contributed by atoms with Gasteiger partial charge in [-0.25, -0.2) is 0 Å². The highest BCUT2D eigenvalue weighted by Crippen LogP contribution is 2.11. The highest BCUT2D eigenvalue weighted by atomic mass is 16.5. The number of ether oxygens (including phenoxy) is 1. The average molecular weight is 203 g/mol. The van der Waals surface area contributed by atoms with Crippen molar-refractivity contribution in [3.8, 4) is 0 Å². The fraction of sp³-hybridized carbons (Fsp3) is 0.900. The molecule has 84 valence electrons. The molecule has 4 heteroatoms. The van der Waals surface area contributed by atoms with Gasteiger partial charge >= 0.3 is 5.97 Å². The van der Waals surface area contributed by atoms with E-state index in [2.05, 4.69) is 12.2 Å². The topological polar surface area (TPSA) is 58.6 Å². The van der Waals surface area contributed by atoms with Gasteiger partial charge in [-0.1, -0.05) is 6.92 Å². The van der Waals surface area contributed by atoms with E-state index in [0.29, 0.717) is 13.0 Å². The fourth-order valence-corrected chi connectivity index (χ4v) is 1.11. The maximum atomic E-state index is 10.9. The first-order chi connectivity index (χ1) is 6.56. The van der Waals surface area contributed by atoms with Crippen molar-refractivity contribution in [3.05, 3.63) is 0 Å². The number of carboxylic acid groups (broad SMARTS) is 1. The van der Waals surface area contributed by atoms with Crippen LogP contribution in [-0.4, -0.2) is 36.9 Å². The molecule has 0 bridgehead atoms. The third-order valence-corrected chi connectivity index (χ3v) is 2.34. The quantitative estimate of drug-likeness (QED) is 0.583. The van der Waals surface area contributed by atoms with Gasteiger partial charge in [-0.05, 0) is 33.2 Å². The van der Waals surface area contributed by atoms with Crippen LogP contribution in [0.3, 0.4) is 0 Å². The first-order valence-corrected chi connectivity index (χ1v) is 5.07. The molecule has 4 nitrogen and oxygen atoms in total. The number of carboxylic acids is 1. The van der Waals surface area contributed by atoms with Crippen LogP contribution in [-0.2, 0) is 9.53 Å². The van der Waals surface area contributed by atoms with Gasteiger partial charge < -0.3 is 15.2 Å². The molecule has 0 fully saturated rings. The molecule has 0 radical (unpaired) electrons. The van der Waals surface area contributed by atoms with Gasteiger partial charge in [0.2, 0.25) is 0 Å². The number of likely N-dealkylation sites (N-methyl/N-ethyl adjacent to an activating group) is 1. The number of hydrogen-bond donors (Lipinski definition) is 2. The minimum atomic E-state index is -0.824. The number of nitrogens with one attached hydrogen (secondary N) is 1. The van der Waals surface area contributed by atoms with E-state index in [1.165, 1.54) is 0 Å². The second-order valence-corrected chi connectivity index (χ2v) is 3.60. The van der Waals surface area contributed by atoms with Crippen LogP contribution >= 0.6 is 0 Å². The Bertz CT molecular complexity index is 173. The molecular weight excluding hydrogens is 182 g/mol. The van der Waals surface area contributed by atoms with E-state index in [4.69, 9.17) is 9.84 Å². The number of rotatable bonds is 8. The van der Waals surface area contributed by atoms with Crippen LogP contribution in [0.4, 0.5) is 0 Å². The van der Waals surface area contributed by atoms with Crippen LogP contribution in [0.15, 0.2) is 0 Å². The second kappa shape index (κ2) is 6.79. The zero-order valence-corrected chi connectivity index (χ0v) is 9.30. The van der Waals surface area contributed by atoms with E-state index in [1.807, 2.05) is 0 Å². The molecule has 0 rings (SSSR count). The van der Waals surface area contributed by atoms with Crippen LogP contribution in [0.2, 0.25) is 0 Å². The Morgan fingerprint density at radius 3 is 2.57 bits per heavy atom. The number of hydrogen-bond acceptors (Lipinski definition) is 3. The SMILES string of the molecule is CCCOCCCC(C)(NC)C(=O)O. The molecule has 0 saturated carbocycles. The predicted octanol–water partition coefficient (Wildman–Crippen LogP) is 1.26. The van der Waals surface area contributed by atoms with Gasteiger partial charge in [0.25, 0.3) is 0 Å². The van der Waals surface area contributed by atoms with E-state index in [0.717, 1.165) is 19.4 Å². The Balaban J connectivity index is 3.68. The summed E-state index contributed by atoms with van der Waals surface area (Å²) < 4.78 is 5.28. The zero-order chi connectivity index (χ0) is 11.0. The van der Waals surface area contributed by atoms with Crippen LogP contribution < -0.4 is 5.32 Å². The smallest absolute Gasteiger partial charge is 0.323 e. The molecule has 0 aromatic heterocycles. The minimum Gasteiger partial charge on any atom is -0.480 e. The molecule has 1 unspecified atom stereocenters. The standard InChI is InChI=1S/C10H21NO3/c1-4-7-14-8-5-6-10(2,11-3)9(12)13/h11H,4-8H2,1-3H3,(H,12,13). The molecular formula is C10H21NO3. The van der Waals surface area contributed by atoms with Gasteiger partial charge in [0.15, 0.2) is 0 Å². The maximum Gasteiger partial charge on any atom is 0.323 e. The molecule has 0 amide bonds. The summed E-state index contributed by atoms with van der Waals surface area (Å²) in [4.78, 5) is 10.9. The monoisotopic (exact) mass is 203 g/mol. The summed E-state index contributed by atoms with van der Waals surface area (Å²) in [7, 11) is 1.67. The molecule has 0 saturated heterocycles.